The summed E-state index contributed by atoms with van der Waals surface area (Å²) in [7, 11) is 2.14. The topological polar surface area (TPSA) is 3.24 Å². The molecule has 0 radical (unpaired) electrons. The van der Waals surface area contributed by atoms with Gasteiger partial charge in [0.25, 0.3) is 0 Å². The number of hydrogen-bond acceptors (Lipinski definition) is 2. The van der Waals surface area contributed by atoms with Crippen molar-refractivity contribution in [3.05, 3.63) is 144 Å². The fraction of sp³-hybridized carbons (Fsp3) is 0.0909. The summed E-state index contributed by atoms with van der Waals surface area (Å²) in [4.78, 5) is 2.25. The van der Waals surface area contributed by atoms with Gasteiger partial charge < -0.3 is 4.90 Å². The lowest BCUT2D eigenvalue weighted by Gasteiger charge is -2.20. The van der Waals surface area contributed by atoms with E-state index in [0.29, 0.717) is 0 Å². The highest BCUT2D eigenvalue weighted by molar-refractivity contribution is 7.25. The van der Waals surface area contributed by atoms with Crippen LogP contribution in [-0.2, 0) is 12.8 Å². The zero-order valence-corrected chi connectivity index (χ0v) is 20.6. The normalized spacial score (nSPS) is 11.2. The van der Waals surface area contributed by atoms with Gasteiger partial charge in [-0.15, -0.1) is 11.3 Å². The lowest BCUT2D eigenvalue weighted by molar-refractivity contribution is 1.16. The second kappa shape index (κ2) is 9.40. The second-order valence-electron chi connectivity index (χ2n) is 9.16. The van der Waals surface area contributed by atoms with Crippen LogP contribution in [0.25, 0.3) is 20.2 Å². The van der Waals surface area contributed by atoms with Crippen LogP contribution in [0.4, 0.5) is 11.4 Å². The SMILES string of the molecule is CN(c1ccc(Cc2ccccc2)cc1)c1ccc(Cc2ccc3c(c2)sc2ccccc23)cc1. The smallest absolute Gasteiger partial charge is 0.0408 e. The highest BCUT2D eigenvalue weighted by Gasteiger charge is 2.08. The molecule has 1 heterocycles. The highest BCUT2D eigenvalue weighted by Crippen LogP contribution is 2.34. The number of benzene rings is 5. The molecule has 35 heavy (non-hydrogen) atoms. The summed E-state index contributed by atoms with van der Waals surface area (Å²) >= 11 is 1.88. The van der Waals surface area contributed by atoms with Crippen LogP contribution in [0.15, 0.2) is 121 Å². The standard InChI is InChI=1S/C33H27NS/c1-34(28-16-11-25(12-17-28)21-24-7-3-2-4-8-24)29-18-13-26(14-19-29)22-27-15-20-31-30-9-5-6-10-32(30)35-33(31)23-27/h2-20,23H,21-22H2,1H3. The van der Waals surface area contributed by atoms with Crippen LogP contribution in [0, 0.1) is 0 Å². The maximum absolute atomic E-state index is 2.36. The first kappa shape index (κ1) is 21.6. The van der Waals surface area contributed by atoms with Crippen molar-refractivity contribution in [1.82, 2.24) is 0 Å². The molecule has 2 heteroatoms. The summed E-state index contributed by atoms with van der Waals surface area (Å²) in [6, 6.07) is 44.1. The zero-order valence-electron chi connectivity index (χ0n) is 19.8. The number of thiophene rings is 1. The quantitative estimate of drug-likeness (QED) is 0.235. The third kappa shape index (κ3) is 4.58. The molecule has 0 N–H and O–H groups in total. The Morgan fingerprint density at radius 2 is 1.00 bits per heavy atom. The van der Waals surface area contributed by atoms with Gasteiger partial charge in [0.15, 0.2) is 0 Å². The van der Waals surface area contributed by atoms with E-state index in [4.69, 9.17) is 0 Å². The van der Waals surface area contributed by atoms with E-state index >= 15 is 0 Å². The van der Waals surface area contributed by atoms with Gasteiger partial charge in [-0.05, 0) is 71.5 Å². The van der Waals surface area contributed by atoms with E-state index in [1.807, 2.05) is 11.3 Å². The van der Waals surface area contributed by atoms with Gasteiger partial charge in [-0.2, -0.15) is 0 Å². The molecule has 0 atom stereocenters. The maximum atomic E-state index is 2.36. The molecule has 5 aromatic carbocycles. The van der Waals surface area contributed by atoms with Crippen molar-refractivity contribution < 1.29 is 0 Å². The van der Waals surface area contributed by atoms with Gasteiger partial charge in [0.2, 0.25) is 0 Å². The minimum Gasteiger partial charge on any atom is -0.345 e. The summed E-state index contributed by atoms with van der Waals surface area (Å²) in [5.74, 6) is 0. The first-order valence-corrected chi connectivity index (χ1v) is 12.9. The van der Waals surface area contributed by atoms with Crippen molar-refractivity contribution in [2.45, 2.75) is 12.8 Å². The minimum atomic E-state index is 0.947. The molecule has 1 aromatic heterocycles. The molecule has 6 rings (SSSR count). The van der Waals surface area contributed by atoms with Crippen molar-refractivity contribution >= 4 is 42.9 Å². The highest BCUT2D eigenvalue weighted by atomic mass is 32.1. The van der Waals surface area contributed by atoms with Gasteiger partial charge in [0, 0.05) is 38.6 Å². The van der Waals surface area contributed by atoms with Crippen LogP contribution in [0.3, 0.4) is 0 Å². The van der Waals surface area contributed by atoms with Crippen molar-refractivity contribution in [3.63, 3.8) is 0 Å². The largest absolute Gasteiger partial charge is 0.345 e. The molecule has 0 saturated heterocycles. The predicted molar refractivity (Wildman–Crippen MR) is 152 cm³/mol. The molecule has 0 amide bonds. The molecule has 1 nitrogen and oxygen atoms in total. The van der Waals surface area contributed by atoms with Crippen LogP contribution in [-0.4, -0.2) is 7.05 Å². The van der Waals surface area contributed by atoms with Crippen molar-refractivity contribution in [3.8, 4) is 0 Å². The van der Waals surface area contributed by atoms with Gasteiger partial charge in [-0.25, -0.2) is 0 Å². The zero-order chi connectivity index (χ0) is 23.6. The monoisotopic (exact) mass is 469 g/mol. The number of anilines is 2. The molecule has 0 unspecified atom stereocenters. The van der Waals surface area contributed by atoms with Gasteiger partial charge in [-0.3, -0.25) is 0 Å². The number of fused-ring (bicyclic) bond motifs is 3. The Balaban J connectivity index is 1.15. The maximum Gasteiger partial charge on any atom is 0.0408 e. The Bertz CT molecular complexity index is 1580. The van der Waals surface area contributed by atoms with E-state index < -0.39 is 0 Å². The van der Waals surface area contributed by atoms with Crippen molar-refractivity contribution in [1.29, 1.82) is 0 Å². The molecule has 0 aliphatic rings. The third-order valence-corrected chi connectivity index (χ3v) is 7.88. The first-order valence-electron chi connectivity index (χ1n) is 12.1. The van der Waals surface area contributed by atoms with Crippen LogP contribution >= 0.6 is 11.3 Å². The van der Waals surface area contributed by atoms with Crippen LogP contribution < -0.4 is 4.90 Å². The van der Waals surface area contributed by atoms with E-state index in [9.17, 15) is 0 Å². The third-order valence-electron chi connectivity index (χ3n) is 6.75. The van der Waals surface area contributed by atoms with Gasteiger partial charge in [0.1, 0.15) is 0 Å². The molecule has 0 saturated carbocycles. The van der Waals surface area contributed by atoms with E-state index in [1.54, 1.807) is 0 Å². The van der Waals surface area contributed by atoms with Crippen LogP contribution in [0.2, 0.25) is 0 Å². The number of nitrogens with zero attached hydrogens (tertiary/aromatic N) is 1. The van der Waals surface area contributed by atoms with E-state index in [1.165, 1.54) is 53.8 Å². The van der Waals surface area contributed by atoms with E-state index in [-0.39, 0.29) is 0 Å². The van der Waals surface area contributed by atoms with Crippen LogP contribution in [0.1, 0.15) is 22.3 Å². The molecular formula is C33H27NS. The molecule has 0 aliphatic carbocycles. The average molecular weight is 470 g/mol. The Morgan fingerprint density at radius 3 is 1.69 bits per heavy atom. The molecule has 0 bridgehead atoms. The minimum absolute atomic E-state index is 0.947. The van der Waals surface area contributed by atoms with Crippen molar-refractivity contribution in [2.24, 2.45) is 0 Å². The Labute approximate surface area is 210 Å². The average Bonchev–Trinajstić information content (AvgIpc) is 3.28. The number of rotatable bonds is 6. The van der Waals surface area contributed by atoms with Gasteiger partial charge in [-0.1, -0.05) is 84.9 Å². The summed E-state index contributed by atoms with van der Waals surface area (Å²) in [5, 5.41) is 2.72. The van der Waals surface area contributed by atoms with Crippen LogP contribution in [0.5, 0.6) is 0 Å². The van der Waals surface area contributed by atoms with E-state index in [2.05, 4.69) is 133 Å². The predicted octanol–water partition coefficient (Wildman–Crippen LogP) is 9.00. The van der Waals surface area contributed by atoms with Gasteiger partial charge in [0.05, 0.1) is 0 Å². The molecule has 6 aromatic rings. The lowest BCUT2D eigenvalue weighted by atomic mass is 10.0. The lowest BCUT2D eigenvalue weighted by Crippen LogP contribution is -2.09. The number of hydrogen-bond donors (Lipinski definition) is 0. The summed E-state index contributed by atoms with van der Waals surface area (Å²) in [5.41, 5.74) is 7.77. The van der Waals surface area contributed by atoms with Crippen molar-refractivity contribution in [2.75, 3.05) is 11.9 Å². The summed E-state index contributed by atoms with van der Waals surface area (Å²) in [6.45, 7) is 0. The summed E-state index contributed by atoms with van der Waals surface area (Å²) < 4.78 is 2.73. The Hall–Kier alpha value is -3.88. The summed E-state index contributed by atoms with van der Waals surface area (Å²) in [6.07, 6.45) is 1.91. The first-order chi connectivity index (χ1) is 17.2. The molecule has 0 fully saturated rings. The Kier molecular flexibility index (Phi) is 5.81. The van der Waals surface area contributed by atoms with Gasteiger partial charge >= 0.3 is 0 Å². The fourth-order valence-corrected chi connectivity index (χ4v) is 5.94. The second-order valence-corrected chi connectivity index (χ2v) is 10.2. The fourth-order valence-electron chi connectivity index (χ4n) is 4.77. The molecular weight excluding hydrogens is 442 g/mol. The molecule has 0 aliphatic heterocycles. The molecule has 170 valence electrons. The van der Waals surface area contributed by atoms with E-state index in [0.717, 1.165) is 12.8 Å². The Morgan fingerprint density at radius 1 is 0.486 bits per heavy atom. The molecule has 0 spiro atoms.